The minimum Gasteiger partial charge on any atom is -0.386 e. The van der Waals surface area contributed by atoms with Crippen LogP contribution in [0.5, 0.6) is 0 Å². The molecule has 0 aliphatic rings. The standard InChI is InChI=1S/C9H11N3O2/c1-6-3-4-8(12(13)14)5-9(6)11-7(2)10/h3-5,11H,2,10H2,1H3. The van der Waals surface area contributed by atoms with Gasteiger partial charge in [0.1, 0.15) is 0 Å². The summed E-state index contributed by atoms with van der Waals surface area (Å²) in [7, 11) is 0. The van der Waals surface area contributed by atoms with Crippen molar-refractivity contribution in [3.8, 4) is 0 Å². The van der Waals surface area contributed by atoms with Gasteiger partial charge in [-0.3, -0.25) is 10.1 Å². The molecule has 0 aliphatic heterocycles. The average Bonchev–Trinajstić information content (AvgIpc) is 2.07. The highest BCUT2D eigenvalue weighted by Gasteiger charge is 2.07. The molecule has 0 spiro atoms. The first-order valence-corrected chi connectivity index (χ1v) is 3.97. The highest BCUT2D eigenvalue weighted by atomic mass is 16.6. The molecule has 0 heterocycles. The van der Waals surface area contributed by atoms with Gasteiger partial charge in [-0.05, 0) is 12.5 Å². The second-order valence-corrected chi connectivity index (χ2v) is 2.91. The van der Waals surface area contributed by atoms with E-state index in [1.165, 1.54) is 12.1 Å². The Morgan fingerprint density at radius 3 is 2.79 bits per heavy atom. The predicted molar refractivity (Wildman–Crippen MR) is 54.8 cm³/mol. The molecule has 14 heavy (non-hydrogen) atoms. The number of nitro groups is 1. The largest absolute Gasteiger partial charge is 0.386 e. The molecule has 1 aromatic rings. The van der Waals surface area contributed by atoms with Crippen LogP contribution in [0.3, 0.4) is 0 Å². The number of hydrogen-bond donors (Lipinski definition) is 2. The van der Waals surface area contributed by atoms with E-state index in [0.29, 0.717) is 5.69 Å². The maximum Gasteiger partial charge on any atom is 0.271 e. The molecule has 5 heteroatoms. The summed E-state index contributed by atoms with van der Waals surface area (Å²) in [5.74, 6) is 0.258. The van der Waals surface area contributed by atoms with Crippen molar-refractivity contribution in [2.75, 3.05) is 5.32 Å². The van der Waals surface area contributed by atoms with Gasteiger partial charge in [0, 0.05) is 17.8 Å². The van der Waals surface area contributed by atoms with Crippen molar-refractivity contribution in [2.24, 2.45) is 5.73 Å². The highest BCUT2D eigenvalue weighted by Crippen LogP contribution is 2.22. The Balaban J connectivity index is 3.08. The van der Waals surface area contributed by atoms with Gasteiger partial charge in [-0.1, -0.05) is 12.6 Å². The first kappa shape index (κ1) is 10.0. The summed E-state index contributed by atoms with van der Waals surface area (Å²) < 4.78 is 0. The molecule has 1 aromatic carbocycles. The monoisotopic (exact) mass is 193 g/mol. The lowest BCUT2D eigenvalue weighted by Crippen LogP contribution is -2.08. The van der Waals surface area contributed by atoms with Crippen LogP contribution in [0.25, 0.3) is 0 Å². The van der Waals surface area contributed by atoms with Crippen molar-refractivity contribution < 1.29 is 4.92 Å². The molecule has 0 fully saturated rings. The Morgan fingerprint density at radius 1 is 1.64 bits per heavy atom. The van der Waals surface area contributed by atoms with E-state index in [1.807, 2.05) is 6.92 Å². The summed E-state index contributed by atoms with van der Waals surface area (Å²) in [5.41, 5.74) is 6.85. The summed E-state index contributed by atoms with van der Waals surface area (Å²) in [6.45, 7) is 5.29. The van der Waals surface area contributed by atoms with Gasteiger partial charge < -0.3 is 11.1 Å². The minimum atomic E-state index is -0.454. The SMILES string of the molecule is C=C(N)Nc1cc([N+](=O)[O-])ccc1C. The first-order chi connectivity index (χ1) is 6.50. The van der Waals surface area contributed by atoms with E-state index in [4.69, 9.17) is 5.73 Å². The third-order valence-corrected chi connectivity index (χ3v) is 1.73. The van der Waals surface area contributed by atoms with Gasteiger partial charge >= 0.3 is 0 Å². The minimum absolute atomic E-state index is 0.0272. The van der Waals surface area contributed by atoms with Gasteiger partial charge in [0.2, 0.25) is 0 Å². The molecule has 1 rings (SSSR count). The number of nitro benzene ring substituents is 1. The molecule has 3 N–H and O–H groups in total. The van der Waals surface area contributed by atoms with E-state index in [1.54, 1.807) is 6.07 Å². The van der Waals surface area contributed by atoms with Crippen LogP contribution in [0.2, 0.25) is 0 Å². The Labute approximate surface area is 81.4 Å². The summed E-state index contributed by atoms with van der Waals surface area (Å²) in [5, 5.41) is 13.2. The predicted octanol–water partition coefficient (Wildman–Crippen LogP) is 1.75. The van der Waals surface area contributed by atoms with Gasteiger partial charge in [0.05, 0.1) is 10.7 Å². The van der Waals surface area contributed by atoms with Crippen molar-refractivity contribution >= 4 is 11.4 Å². The van der Waals surface area contributed by atoms with Crippen LogP contribution in [0.15, 0.2) is 30.6 Å². The summed E-state index contributed by atoms with van der Waals surface area (Å²) >= 11 is 0. The quantitative estimate of drug-likeness (QED) is 0.566. The van der Waals surface area contributed by atoms with Crippen LogP contribution in [0.4, 0.5) is 11.4 Å². The van der Waals surface area contributed by atoms with Gasteiger partial charge in [0.15, 0.2) is 0 Å². The molecular weight excluding hydrogens is 182 g/mol. The number of nitrogens with two attached hydrogens (primary N) is 1. The van der Waals surface area contributed by atoms with Crippen molar-refractivity contribution in [1.29, 1.82) is 0 Å². The van der Waals surface area contributed by atoms with Gasteiger partial charge in [-0.15, -0.1) is 0 Å². The van der Waals surface area contributed by atoms with Crippen molar-refractivity contribution in [3.05, 3.63) is 46.3 Å². The number of anilines is 1. The molecule has 5 nitrogen and oxygen atoms in total. The van der Waals surface area contributed by atoms with E-state index in [0.717, 1.165) is 5.56 Å². The Bertz CT molecular complexity index is 388. The zero-order valence-electron chi connectivity index (χ0n) is 7.78. The second kappa shape index (κ2) is 3.78. The Hall–Kier alpha value is -2.04. The molecule has 0 unspecified atom stereocenters. The van der Waals surface area contributed by atoms with Gasteiger partial charge in [0.25, 0.3) is 5.69 Å². The molecule has 0 saturated carbocycles. The number of benzene rings is 1. The summed E-state index contributed by atoms with van der Waals surface area (Å²) in [6, 6.07) is 4.52. The van der Waals surface area contributed by atoms with Crippen molar-refractivity contribution in [1.82, 2.24) is 0 Å². The number of aryl methyl sites for hydroxylation is 1. The molecular formula is C9H11N3O2. The summed E-state index contributed by atoms with van der Waals surface area (Å²) in [4.78, 5) is 10.0. The average molecular weight is 193 g/mol. The molecule has 0 aliphatic carbocycles. The molecule has 0 bridgehead atoms. The lowest BCUT2D eigenvalue weighted by atomic mass is 10.2. The lowest BCUT2D eigenvalue weighted by Gasteiger charge is -2.07. The number of rotatable bonds is 3. The molecule has 0 saturated heterocycles. The van der Waals surface area contributed by atoms with Crippen molar-refractivity contribution in [3.63, 3.8) is 0 Å². The Morgan fingerprint density at radius 2 is 2.29 bits per heavy atom. The maximum absolute atomic E-state index is 10.5. The molecule has 0 radical (unpaired) electrons. The van der Waals surface area contributed by atoms with E-state index < -0.39 is 4.92 Å². The normalized spacial score (nSPS) is 9.50. The maximum atomic E-state index is 10.5. The van der Waals surface area contributed by atoms with Crippen LogP contribution in [-0.2, 0) is 0 Å². The topological polar surface area (TPSA) is 81.2 Å². The van der Waals surface area contributed by atoms with Crippen LogP contribution in [0, 0.1) is 17.0 Å². The fraction of sp³-hybridized carbons (Fsp3) is 0.111. The van der Waals surface area contributed by atoms with E-state index in [2.05, 4.69) is 11.9 Å². The van der Waals surface area contributed by atoms with Crippen LogP contribution >= 0.6 is 0 Å². The third kappa shape index (κ3) is 2.22. The molecule has 74 valence electrons. The second-order valence-electron chi connectivity index (χ2n) is 2.91. The van der Waals surface area contributed by atoms with E-state index >= 15 is 0 Å². The third-order valence-electron chi connectivity index (χ3n) is 1.73. The fourth-order valence-corrected chi connectivity index (χ4v) is 1.03. The Kier molecular flexibility index (Phi) is 2.71. The molecule has 0 atom stereocenters. The zero-order valence-corrected chi connectivity index (χ0v) is 7.78. The zero-order chi connectivity index (χ0) is 10.7. The number of hydrogen-bond acceptors (Lipinski definition) is 4. The smallest absolute Gasteiger partial charge is 0.271 e. The highest BCUT2D eigenvalue weighted by molar-refractivity contribution is 5.58. The van der Waals surface area contributed by atoms with Crippen LogP contribution in [0.1, 0.15) is 5.56 Å². The fourth-order valence-electron chi connectivity index (χ4n) is 1.03. The number of nitrogens with zero attached hydrogens (tertiary/aromatic N) is 1. The number of non-ortho nitro benzene ring substituents is 1. The summed E-state index contributed by atoms with van der Waals surface area (Å²) in [6.07, 6.45) is 0. The molecule has 0 aromatic heterocycles. The number of nitrogens with one attached hydrogen (secondary N) is 1. The van der Waals surface area contributed by atoms with Gasteiger partial charge in [-0.25, -0.2) is 0 Å². The van der Waals surface area contributed by atoms with Gasteiger partial charge in [-0.2, -0.15) is 0 Å². The van der Waals surface area contributed by atoms with E-state index in [9.17, 15) is 10.1 Å². The van der Waals surface area contributed by atoms with E-state index in [-0.39, 0.29) is 11.5 Å². The molecule has 0 amide bonds. The first-order valence-electron chi connectivity index (χ1n) is 3.97. The van der Waals surface area contributed by atoms with Crippen molar-refractivity contribution in [2.45, 2.75) is 6.92 Å². The lowest BCUT2D eigenvalue weighted by molar-refractivity contribution is -0.384. The van der Waals surface area contributed by atoms with Crippen LogP contribution < -0.4 is 11.1 Å². The van der Waals surface area contributed by atoms with Crippen LogP contribution in [-0.4, -0.2) is 4.92 Å².